The molecule has 0 fully saturated rings. The van der Waals surface area contributed by atoms with Gasteiger partial charge in [-0.1, -0.05) is 13.3 Å². The van der Waals surface area contributed by atoms with Gasteiger partial charge in [0.05, 0.1) is 16.7 Å². The van der Waals surface area contributed by atoms with Gasteiger partial charge in [-0.25, -0.2) is 17.5 Å². The molecular formula is C11H17FN2O3S. The molecule has 0 saturated heterocycles. The smallest absolute Gasteiger partial charge is 0.240 e. The van der Waals surface area contributed by atoms with E-state index in [1.165, 1.54) is 0 Å². The van der Waals surface area contributed by atoms with Crippen LogP contribution in [0.5, 0.6) is 0 Å². The van der Waals surface area contributed by atoms with Crippen molar-refractivity contribution in [3.63, 3.8) is 0 Å². The maximum Gasteiger partial charge on any atom is 0.240 e. The van der Waals surface area contributed by atoms with E-state index < -0.39 is 21.9 Å². The van der Waals surface area contributed by atoms with E-state index in [9.17, 15) is 17.9 Å². The SMILES string of the molecule is CCCC(O)CNS(=O)(=O)c1ccc(F)c(N)c1. The topological polar surface area (TPSA) is 92.4 Å². The zero-order valence-corrected chi connectivity index (χ0v) is 10.9. The summed E-state index contributed by atoms with van der Waals surface area (Å²) in [4.78, 5) is -0.120. The van der Waals surface area contributed by atoms with E-state index in [4.69, 9.17) is 5.73 Å². The molecule has 0 aliphatic heterocycles. The van der Waals surface area contributed by atoms with E-state index in [1.807, 2.05) is 6.92 Å². The third kappa shape index (κ3) is 3.94. The van der Waals surface area contributed by atoms with Crippen LogP contribution in [-0.2, 0) is 10.0 Å². The fraction of sp³-hybridized carbons (Fsp3) is 0.455. The highest BCUT2D eigenvalue weighted by atomic mass is 32.2. The summed E-state index contributed by atoms with van der Waals surface area (Å²) in [7, 11) is -3.77. The van der Waals surface area contributed by atoms with Crippen LogP contribution in [0.25, 0.3) is 0 Å². The van der Waals surface area contributed by atoms with Crippen LogP contribution in [-0.4, -0.2) is 26.2 Å². The summed E-state index contributed by atoms with van der Waals surface area (Å²) in [6.45, 7) is 1.81. The minimum atomic E-state index is -3.77. The van der Waals surface area contributed by atoms with Crippen LogP contribution in [0.1, 0.15) is 19.8 Å². The van der Waals surface area contributed by atoms with Crippen LogP contribution in [0.3, 0.4) is 0 Å². The van der Waals surface area contributed by atoms with Crippen LogP contribution in [0.2, 0.25) is 0 Å². The molecule has 1 atom stereocenters. The number of aliphatic hydroxyl groups is 1. The second-order valence-corrected chi connectivity index (χ2v) is 5.74. The van der Waals surface area contributed by atoms with Crippen molar-refractivity contribution in [2.24, 2.45) is 0 Å². The van der Waals surface area contributed by atoms with Gasteiger partial charge in [0.2, 0.25) is 10.0 Å². The maximum absolute atomic E-state index is 12.9. The minimum absolute atomic E-state index is 0.0759. The fourth-order valence-corrected chi connectivity index (χ4v) is 2.52. The summed E-state index contributed by atoms with van der Waals surface area (Å²) in [6.07, 6.45) is 0.531. The second kappa shape index (κ2) is 6.12. The van der Waals surface area contributed by atoms with Crippen molar-refractivity contribution in [1.29, 1.82) is 0 Å². The Hall–Kier alpha value is -1.18. The molecule has 0 heterocycles. The predicted octanol–water partition coefficient (Wildman–Crippen LogP) is 0.847. The van der Waals surface area contributed by atoms with Gasteiger partial charge in [-0.2, -0.15) is 0 Å². The van der Waals surface area contributed by atoms with Gasteiger partial charge in [0.1, 0.15) is 5.82 Å². The molecule has 0 saturated carbocycles. The van der Waals surface area contributed by atoms with Crippen molar-refractivity contribution >= 4 is 15.7 Å². The molecule has 5 nitrogen and oxygen atoms in total. The van der Waals surface area contributed by atoms with Crippen molar-refractivity contribution in [2.75, 3.05) is 12.3 Å². The highest BCUT2D eigenvalue weighted by Gasteiger charge is 2.16. The van der Waals surface area contributed by atoms with Gasteiger partial charge in [-0.05, 0) is 24.6 Å². The minimum Gasteiger partial charge on any atom is -0.396 e. The number of aliphatic hydroxyl groups excluding tert-OH is 1. The normalized spacial score (nSPS) is 13.5. The molecule has 18 heavy (non-hydrogen) atoms. The first-order chi connectivity index (χ1) is 8.36. The summed E-state index contributed by atoms with van der Waals surface area (Å²) in [5.74, 6) is -0.667. The van der Waals surface area contributed by atoms with Gasteiger partial charge in [0, 0.05) is 6.54 Å². The van der Waals surface area contributed by atoms with Gasteiger partial charge in [-0.15, -0.1) is 0 Å². The molecule has 0 aliphatic rings. The van der Waals surface area contributed by atoms with Crippen LogP contribution in [0.15, 0.2) is 23.1 Å². The zero-order chi connectivity index (χ0) is 13.8. The van der Waals surface area contributed by atoms with Gasteiger partial charge in [0.25, 0.3) is 0 Å². The lowest BCUT2D eigenvalue weighted by Gasteiger charge is -2.11. The molecule has 102 valence electrons. The highest BCUT2D eigenvalue weighted by Crippen LogP contribution is 2.16. The summed E-state index contributed by atoms with van der Waals surface area (Å²) in [5, 5.41) is 9.45. The first kappa shape index (κ1) is 14.9. The van der Waals surface area contributed by atoms with Crippen LogP contribution >= 0.6 is 0 Å². The zero-order valence-electron chi connectivity index (χ0n) is 10.1. The molecule has 0 radical (unpaired) electrons. The first-order valence-electron chi connectivity index (χ1n) is 5.59. The van der Waals surface area contributed by atoms with Crippen molar-refractivity contribution in [3.05, 3.63) is 24.0 Å². The Bertz CT molecular complexity index is 505. The number of nitrogens with two attached hydrogens (primary N) is 1. The van der Waals surface area contributed by atoms with E-state index in [0.29, 0.717) is 6.42 Å². The van der Waals surface area contributed by atoms with Crippen molar-refractivity contribution in [3.8, 4) is 0 Å². The van der Waals surface area contributed by atoms with E-state index >= 15 is 0 Å². The monoisotopic (exact) mass is 276 g/mol. The molecule has 0 aromatic heterocycles. The lowest BCUT2D eigenvalue weighted by Crippen LogP contribution is -2.32. The first-order valence-corrected chi connectivity index (χ1v) is 7.08. The Kier molecular flexibility index (Phi) is 5.06. The van der Waals surface area contributed by atoms with Gasteiger partial charge < -0.3 is 10.8 Å². The second-order valence-electron chi connectivity index (χ2n) is 3.98. The molecular weight excluding hydrogens is 259 g/mol. The predicted molar refractivity (Wildman–Crippen MR) is 66.9 cm³/mol. The number of benzene rings is 1. The van der Waals surface area contributed by atoms with Crippen LogP contribution in [0, 0.1) is 5.82 Å². The lowest BCUT2D eigenvalue weighted by atomic mass is 10.2. The quantitative estimate of drug-likeness (QED) is 0.671. The average molecular weight is 276 g/mol. The molecule has 1 aromatic carbocycles. The Morgan fingerprint density at radius 2 is 2.17 bits per heavy atom. The molecule has 0 spiro atoms. The number of sulfonamides is 1. The molecule has 0 aliphatic carbocycles. The van der Waals surface area contributed by atoms with E-state index in [0.717, 1.165) is 24.6 Å². The van der Waals surface area contributed by atoms with E-state index in [-0.39, 0.29) is 17.1 Å². The number of hydrogen-bond donors (Lipinski definition) is 3. The average Bonchev–Trinajstić information content (AvgIpc) is 2.30. The highest BCUT2D eigenvalue weighted by molar-refractivity contribution is 7.89. The van der Waals surface area contributed by atoms with Crippen LogP contribution in [0.4, 0.5) is 10.1 Å². The Morgan fingerprint density at radius 3 is 2.72 bits per heavy atom. The van der Waals surface area contributed by atoms with Gasteiger partial charge in [0.15, 0.2) is 0 Å². The number of hydrogen-bond acceptors (Lipinski definition) is 4. The molecule has 1 rings (SSSR count). The van der Waals surface area contributed by atoms with Gasteiger partial charge >= 0.3 is 0 Å². The fourth-order valence-electron chi connectivity index (χ4n) is 1.41. The molecule has 1 aromatic rings. The summed E-state index contributed by atoms with van der Waals surface area (Å²) < 4.78 is 38.8. The van der Waals surface area contributed by atoms with Crippen LogP contribution < -0.4 is 10.5 Å². The maximum atomic E-state index is 12.9. The number of halogens is 1. The summed E-state index contributed by atoms with van der Waals surface area (Å²) in [5.41, 5.74) is 5.07. The number of anilines is 1. The van der Waals surface area contributed by atoms with Crippen molar-refractivity contribution in [2.45, 2.75) is 30.8 Å². The molecule has 4 N–H and O–H groups in total. The largest absolute Gasteiger partial charge is 0.396 e. The summed E-state index contributed by atoms with van der Waals surface area (Å²) >= 11 is 0. The Balaban J connectivity index is 2.77. The lowest BCUT2D eigenvalue weighted by molar-refractivity contribution is 0.167. The summed E-state index contributed by atoms with van der Waals surface area (Å²) in [6, 6.07) is 3.16. The number of rotatable bonds is 6. The van der Waals surface area contributed by atoms with Crippen molar-refractivity contribution < 1.29 is 17.9 Å². The number of nitrogen functional groups attached to an aromatic ring is 1. The van der Waals surface area contributed by atoms with Crippen molar-refractivity contribution in [1.82, 2.24) is 4.72 Å². The third-order valence-electron chi connectivity index (χ3n) is 2.41. The van der Waals surface area contributed by atoms with Gasteiger partial charge in [-0.3, -0.25) is 0 Å². The molecule has 0 bridgehead atoms. The molecule has 1 unspecified atom stereocenters. The molecule has 7 heteroatoms. The third-order valence-corrected chi connectivity index (χ3v) is 3.83. The Labute approximate surface area is 106 Å². The van der Waals surface area contributed by atoms with E-state index in [2.05, 4.69) is 4.72 Å². The standard InChI is InChI=1S/C11H17FN2O3S/c1-2-3-8(15)7-14-18(16,17)9-4-5-10(12)11(13)6-9/h4-6,8,14-15H,2-3,7,13H2,1H3. The number of nitrogens with one attached hydrogen (secondary N) is 1. The molecule has 0 amide bonds. The van der Waals surface area contributed by atoms with E-state index in [1.54, 1.807) is 0 Å². The Morgan fingerprint density at radius 1 is 1.50 bits per heavy atom.